The fourth-order valence-corrected chi connectivity index (χ4v) is 5.32. The highest BCUT2D eigenvalue weighted by Gasteiger charge is 2.42. The van der Waals surface area contributed by atoms with Gasteiger partial charge in [0, 0.05) is 11.6 Å². The summed E-state index contributed by atoms with van der Waals surface area (Å²) >= 11 is 0. The maximum atomic E-state index is 13.5. The molecule has 0 radical (unpaired) electrons. The van der Waals surface area contributed by atoms with Gasteiger partial charge in [-0.05, 0) is 68.6 Å². The Bertz CT molecular complexity index is 1110. The smallest absolute Gasteiger partial charge is 0.338 e. The minimum atomic E-state index is -4.43. The Morgan fingerprint density at radius 3 is 2.35 bits per heavy atom. The van der Waals surface area contributed by atoms with Gasteiger partial charge in [-0.15, -0.1) is 0 Å². The second-order valence-electron chi connectivity index (χ2n) is 9.30. The Hall–Kier alpha value is -2.81. The van der Waals surface area contributed by atoms with E-state index in [1.807, 2.05) is 12.1 Å². The lowest BCUT2D eigenvalue weighted by atomic mass is 9.78. The lowest BCUT2D eigenvalue weighted by molar-refractivity contribution is -0.141. The van der Waals surface area contributed by atoms with Crippen molar-refractivity contribution in [3.8, 4) is 0 Å². The van der Waals surface area contributed by atoms with E-state index in [9.17, 15) is 17.6 Å². The van der Waals surface area contributed by atoms with Crippen LogP contribution >= 0.6 is 0 Å². The first kappa shape index (κ1) is 23.0. The summed E-state index contributed by atoms with van der Waals surface area (Å²) in [4.78, 5) is 10.8. The lowest BCUT2D eigenvalue weighted by Gasteiger charge is -2.30. The Balaban J connectivity index is 1.24. The van der Waals surface area contributed by atoms with E-state index < -0.39 is 11.9 Å². The Labute approximate surface area is 195 Å². The molecule has 3 aromatic rings. The number of halogens is 4. The summed E-state index contributed by atoms with van der Waals surface area (Å²) in [7, 11) is 0. The standard InChI is InChI=1S/C25H26F4N4O/c26-19-8-6-18(7-9-19)24(12-1-2-13-24)23-31-22(34-32-23)16-33-14-10-17(11-15-33)20-4-3-5-21(30-20)25(27,28)29/h3-9,17H,1-2,10-16H2. The average molecular weight is 475 g/mol. The zero-order valence-electron chi connectivity index (χ0n) is 18.7. The third-order valence-corrected chi connectivity index (χ3v) is 7.18. The Morgan fingerprint density at radius 2 is 1.68 bits per heavy atom. The molecule has 0 atom stereocenters. The molecule has 2 fully saturated rings. The highest BCUT2D eigenvalue weighted by Crippen LogP contribution is 2.45. The highest BCUT2D eigenvalue weighted by molar-refractivity contribution is 5.34. The molecule has 3 heterocycles. The molecule has 1 saturated heterocycles. The summed E-state index contributed by atoms with van der Waals surface area (Å²) in [6, 6.07) is 10.7. The van der Waals surface area contributed by atoms with Gasteiger partial charge in [-0.3, -0.25) is 4.90 Å². The van der Waals surface area contributed by atoms with Crippen molar-refractivity contribution < 1.29 is 22.1 Å². The topological polar surface area (TPSA) is 55.1 Å². The van der Waals surface area contributed by atoms with E-state index in [-0.39, 0.29) is 17.2 Å². The predicted molar refractivity (Wildman–Crippen MR) is 116 cm³/mol. The van der Waals surface area contributed by atoms with E-state index >= 15 is 0 Å². The van der Waals surface area contributed by atoms with Crippen LogP contribution in [0, 0.1) is 5.82 Å². The van der Waals surface area contributed by atoms with Gasteiger partial charge in [-0.2, -0.15) is 18.2 Å². The second-order valence-corrected chi connectivity index (χ2v) is 9.30. The van der Waals surface area contributed by atoms with Crippen molar-refractivity contribution in [2.45, 2.75) is 62.6 Å². The quantitative estimate of drug-likeness (QED) is 0.434. The molecular formula is C25H26F4N4O. The van der Waals surface area contributed by atoms with Crippen LogP contribution in [0.5, 0.6) is 0 Å². The molecule has 2 aliphatic rings. The van der Waals surface area contributed by atoms with E-state index in [2.05, 4.69) is 15.0 Å². The molecule has 1 aliphatic heterocycles. The van der Waals surface area contributed by atoms with Gasteiger partial charge in [-0.1, -0.05) is 36.2 Å². The summed E-state index contributed by atoms with van der Waals surface area (Å²) in [6.45, 7) is 1.92. The van der Waals surface area contributed by atoms with E-state index in [0.717, 1.165) is 50.2 Å². The highest BCUT2D eigenvalue weighted by atomic mass is 19.4. The Kier molecular flexibility index (Phi) is 6.14. The first-order valence-electron chi connectivity index (χ1n) is 11.7. The molecule has 34 heavy (non-hydrogen) atoms. The number of aromatic nitrogens is 3. The van der Waals surface area contributed by atoms with Gasteiger partial charge in [-0.25, -0.2) is 9.37 Å². The summed E-state index contributed by atoms with van der Waals surface area (Å²) in [5, 5.41) is 4.31. The van der Waals surface area contributed by atoms with Crippen LogP contribution in [0.3, 0.4) is 0 Å². The zero-order chi connectivity index (χ0) is 23.8. The molecule has 0 bridgehead atoms. The van der Waals surface area contributed by atoms with Crippen molar-refractivity contribution in [1.29, 1.82) is 0 Å². The summed E-state index contributed by atoms with van der Waals surface area (Å²) < 4.78 is 58.1. The number of hydrogen-bond acceptors (Lipinski definition) is 5. The molecule has 0 unspecified atom stereocenters. The zero-order valence-corrected chi connectivity index (χ0v) is 18.7. The van der Waals surface area contributed by atoms with Crippen molar-refractivity contribution in [2.75, 3.05) is 13.1 Å². The first-order chi connectivity index (χ1) is 16.3. The molecule has 0 spiro atoms. The third kappa shape index (κ3) is 4.58. The van der Waals surface area contributed by atoms with Crippen LogP contribution in [0.2, 0.25) is 0 Å². The fraction of sp³-hybridized carbons (Fsp3) is 0.480. The van der Waals surface area contributed by atoms with Gasteiger partial charge in [0.25, 0.3) is 0 Å². The summed E-state index contributed by atoms with van der Waals surface area (Å²) in [5.41, 5.74) is 0.315. The van der Waals surface area contributed by atoms with Gasteiger partial charge in [0.15, 0.2) is 5.82 Å². The number of hydrogen-bond donors (Lipinski definition) is 0. The van der Waals surface area contributed by atoms with Crippen molar-refractivity contribution in [3.05, 3.63) is 76.9 Å². The monoisotopic (exact) mass is 474 g/mol. The van der Waals surface area contributed by atoms with Crippen LogP contribution in [0.15, 0.2) is 47.0 Å². The molecular weight excluding hydrogens is 448 g/mol. The molecule has 1 saturated carbocycles. The molecule has 1 aromatic carbocycles. The first-order valence-corrected chi connectivity index (χ1v) is 11.7. The molecule has 0 N–H and O–H groups in total. The minimum absolute atomic E-state index is 0.00275. The SMILES string of the molecule is Fc1ccc(C2(c3noc(CN4CCC(c5cccc(C(F)(F)F)n5)CC4)n3)CCCC2)cc1. The van der Waals surface area contributed by atoms with Crippen molar-refractivity contribution in [2.24, 2.45) is 0 Å². The van der Waals surface area contributed by atoms with Crippen LogP contribution in [0.25, 0.3) is 0 Å². The van der Waals surface area contributed by atoms with Crippen molar-refractivity contribution in [3.63, 3.8) is 0 Å². The van der Waals surface area contributed by atoms with Gasteiger partial charge in [0.1, 0.15) is 11.5 Å². The van der Waals surface area contributed by atoms with Crippen molar-refractivity contribution in [1.82, 2.24) is 20.0 Å². The Morgan fingerprint density at radius 1 is 0.971 bits per heavy atom. The van der Waals surface area contributed by atoms with Crippen LogP contribution in [0.4, 0.5) is 17.6 Å². The van der Waals surface area contributed by atoms with Gasteiger partial charge in [0.2, 0.25) is 5.89 Å². The van der Waals surface area contributed by atoms with Gasteiger partial charge >= 0.3 is 6.18 Å². The van der Waals surface area contributed by atoms with Crippen molar-refractivity contribution >= 4 is 0 Å². The molecule has 2 aromatic heterocycles. The molecule has 0 amide bonds. The van der Waals surface area contributed by atoms with Crippen LogP contribution in [-0.2, 0) is 18.1 Å². The normalized spacial score (nSPS) is 19.5. The summed E-state index contributed by atoms with van der Waals surface area (Å²) in [6.07, 6.45) is 0.900. The third-order valence-electron chi connectivity index (χ3n) is 7.18. The number of alkyl halides is 3. The number of benzene rings is 1. The van der Waals surface area contributed by atoms with Crippen LogP contribution < -0.4 is 0 Å². The van der Waals surface area contributed by atoms with E-state index in [0.29, 0.717) is 37.0 Å². The number of likely N-dealkylation sites (tertiary alicyclic amines) is 1. The molecule has 9 heteroatoms. The summed E-state index contributed by atoms with van der Waals surface area (Å²) in [5.74, 6) is 0.903. The molecule has 5 rings (SSSR count). The maximum absolute atomic E-state index is 13.5. The number of rotatable bonds is 5. The van der Waals surface area contributed by atoms with Crippen LogP contribution in [0.1, 0.15) is 73.1 Å². The van der Waals surface area contributed by atoms with E-state index in [1.54, 1.807) is 6.07 Å². The number of pyridine rings is 1. The largest absolute Gasteiger partial charge is 0.433 e. The number of nitrogens with zero attached hydrogens (tertiary/aromatic N) is 4. The van der Waals surface area contributed by atoms with E-state index in [4.69, 9.17) is 9.51 Å². The maximum Gasteiger partial charge on any atom is 0.433 e. The molecule has 5 nitrogen and oxygen atoms in total. The molecule has 1 aliphatic carbocycles. The molecule has 180 valence electrons. The fourth-order valence-electron chi connectivity index (χ4n) is 5.32. The lowest BCUT2D eigenvalue weighted by Crippen LogP contribution is -2.33. The van der Waals surface area contributed by atoms with Gasteiger partial charge in [0.05, 0.1) is 12.0 Å². The average Bonchev–Trinajstić information content (AvgIpc) is 3.50. The second kappa shape index (κ2) is 9.09. The minimum Gasteiger partial charge on any atom is -0.338 e. The van der Waals surface area contributed by atoms with Crippen LogP contribution in [-0.4, -0.2) is 33.1 Å². The van der Waals surface area contributed by atoms with Gasteiger partial charge < -0.3 is 4.52 Å². The van der Waals surface area contributed by atoms with E-state index in [1.165, 1.54) is 18.2 Å². The number of piperidine rings is 1. The predicted octanol–water partition coefficient (Wildman–Crippen LogP) is 5.86.